The fourth-order valence-electron chi connectivity index (χ4n) is 2.53. The van der Waals surface area contributed by atoms with E-state index < -0.39 is 0 Å². The van der Waals surface area contributed by atoms with Crippen LogP contribution >= 0.6 is 0 Å². The van der Waals surface area contributed by atoms with Gasteiger partial charge in [-0.3, -0.25) is 0 Å². The lowest BCUT2D eigenvalue weighted by atomic mass is 10.1. The highest BCUT2D eigenvalue weighted by Gasteiger charge is 2.19. The third kappa shape index (κ3) is 2.76. The van der Waals surface area contributed by atoms with Crippen molar-refractivity contribution >= 4 is 5.82 Å². The lowest BCUT2D eigenvalue weighted by Crippen LogP contribution is -2.02. The average Bonchev–Trinajstić information content (AvgIpc) is 3.22. The van der Waals surface area contributed by atoms with Crippen LogP contribution in [0.4, 0.5) is 5.82 Å². The van der Waals surface area contributed by atoms with Crippen LogP contribution in [0.15, 0.2) is 53.1 Å². The molecule has 2 N–H and O–H groups in total. The largest absolute Gasteiger partial charge is 0.382 e. The second-order valence-electron chi connectivity index (χ2n) is 5.86. The summed E-state index contributed by atoms with van der Waals surface area (Å²) in [6.07, 6.45) is 0. The number of anilines is 1. The molecule has 0 atom stereocenters. The number of nitrogens with zero attached hydrogens (tertiary/aromatic N) is 5. The number of nitrogens with two attached hydrogens (primary N) is 1. The minimum Gasteiger partial charge on any atom is -0.382 e. The molecule has 0 unspecified atom stereocenters. The van der Waals surface area contributed by atoms with E-state index in [0.29, 0.717) is 17.3 Å². The van der Waals surface area contributed by atoms with Gasteiger partial charge in [-0.05, 0) is 31.5 Å². The van der Waals surface area contributed by atoms with E-state index >= 15 is 0 Å². The van der Waals surface area contributed by atoms with Gasteiger partial charge in [0.2, 0.25) is 5.82 Å². The summed E-state index contributed by atoms with van der Waals surface area (Å²) in [4.78, 5) is 4.39. The highest BCUT2D eigenvalue weighted by atomic mass is 16.5. The first-order valence-corrected chi connectivity index (χ1v) is 7.81. The SMILES string of the molecule is Cc1ccc(-c2noc(-c3nnn(-c4cccc(C)c4)c3N)n2)cc1. The minimum absolute atomic E-state index is 0.243. The zero-order chi connectivity index (χ0) is 17.4. The zero-order valence-corrected chi connectivity index (χ0v) is 13.8. The molecule has 4 rings (SSSR count). The number of aromatic nitrogens is 5. The molecule has 0 saturated carbocycles. The molecule has 0 saturated heterocycles. The Kier molecular flexibility index (Phi) is 3.53. The fraction of sp³-hybridized carbons (Fsp3) is 0.111. The molecular weight excluding hydrogens is 316 g/mol. The van der Waals surface area contributed by atoms with Crippen LogP contribution in [-0.4, -0.2) is 25.1 Å². The first-order valence-electron chi connectivity index (χ1n) is 7.81. The fourth-order valence-corrected chi connectivity index (χ4v) is 2.53. The van der Waals surface area contributed by atoms with Crippen molar-refractivity contribution in [3.63, 3.8) is 0 Å². The van der Waals surface area contributed by atoms with E-state index in [9.17, 15) is 0 Å². The number of benzene rings is 2. The zero-order valence-electron chi connectivity index (χ0n) is 13.8. The van der Waals surface area contributed by atoms with Crippen LogP contribution in [0.5, 0.6) is 0 Å². The quantitative estimate of drug-likeness (QED) is 0.619. The molecule has 124 valence electrons. The predicted octanol–water partition coefficient (Wildman–Crippen LogP) is 3.18. The molecule has 0 spiro atoms. The Labute approximate surface area is 144 Å². The van der Waals surface area contributed by atoms with Gasteiger partial charge >= 0.3 is 0 Å². The average molecular weight is 332 g/mol. The van der Waals surface area contributed by atoms with Gasteiger partial charge < -0.3 is 10.3 Å². The normalized spacial score (nSPS) is 11.0. The van der Waals surface area contributed by atoms with E-state index in [2.05, 4.69) is 20.5 Å². The van der Waals surface area contributed by atoms with Gasteiger partial charge in [0.25, 0.3) is 5.89 Å². The van der Waals surface area contributed by atoms with Crippen molar-refractivity contribution in [2.75, 3.05) is 5.73 Å². The van der Waals surface area contributed by atoms with E-state index in [0.717, 1.165) is 22.4 Å². The number of rotatable bonds is 3. The highest BCUT2D eigenvalue weighted by Crippen LogP contribution is 2.26. The van der Waals surface area contributed by atoms with Gasteiger partial charge in [-0.2, -0.15) is 9.67 Å². The van der Waals surface area contributed by atoms with Crippen LogP contribution in [0.25, 0.3) is 28.7 Å². The topological polar surface area (TPSA) is 95.7 Å². The van der Waals surface area contributed by atoms with Crippen molar-refractivity contribution in [2.24, 2.45) is 0 Å². The third-order valence-electron chi connectivity index (χ3n) is 3.89. The summed E-state index contributed by atoms with van der Waals surface area (Å²) >= 11 is 0. The van der Waals surface area contributed by atoms with E-state index in [1.807, 2.05) is 62.4 Å². The number of nitrogen functional groups attached to an aromatic ring is 1. The van der Waals surface area contributed by atoms with Gasteiger partial charge in [0.1, 0.15) is 0 Å². The van der Waals surface area contributed by atoms with Crippen molar-refractivity contribution in [3.05, 3.63) is 59.7 Å². The van der Waals surface area contributed by atoms with Crippen LogP contribution in [-0.2, 0) is 0 Å². The number of hydrogen-bond acceptors (Lipinski definition) is 6. The molecule has 25 heavy (non-hydrogen) atoms. The molecule has 4 aromatic rings. The lowest BCUT2D eigenvalue weighted by Gasteiger charge is -2.03. The molecule has 0 aliphatic heterocycles. The highest BCUT2D eigenvalue weighted by molar-refractivity contribution is 5.66. The first-order chi connectivity index (χ1) is 12.1. The Morgan fingerprint density at radius 2 is 1.80 bits per heavy atom. The summed E-state index contributed by atoms with van der Waals surface area (Å²) < 4.78 is 6.89. The Morgan fingerprint density at radius 3 is 2.56 bits per heavy atom. The number of aryl methyl sites for hydroxylation is 2. The van der Waals surface area contributed by atoms with Gasteiger partial charge in [0.15, 0.2) is 11.5 Å². The maximum Gasteiger partial charge on any atom is 0.282 e. The molecule has 2 heterocycles. The molecule has 7 nitrogen and oxygen atoms in total. The molecule has 2 aromatic carbocycles. The summed E-state index contributed by atoms with van der Waals surface area (Å²) in [6, 6.07) is 15.7. The molecule has 7 heteroatoms. The van der Waals surface area contributed by atoms with E-state index in [1.165, 1.54) is 0 Å². The summed E-state index contributed by atoms with van der Waals surface area (Å²) in [5, 5.41) is 12.2. The first kappa shape index (κ1) is 15.1. The molecule has 0 bridgehead atoms. The van der Waals surface area contributed by atoms with Gasteiger partial charge in [-0.1, -0.05) is 52.3 Å². The van der Waals surface area contributed by atoms with Crippen LogP contribution in [0.2, 0.25) is 0 Å². The van der Waals surface area contributed by atoms with Crippen molar-refractivity contribution in [1.82, 2.24) is 25.1 Å². The van der Waals surface area contributed by atoms with Crippen molar-refractivity contribution in [3.8, 4) is 28.7 Å². The Bertz CT molecular complexity index is 1030. The van der Waals surface area contributed by atoms with Crippen LogP contribution < -0.4 is 5.73 Å². The third-order valence-corrected chi connectivity index (χ3v) is 3.89. The molecule has 0 amide bonds. The monoisotopic (exact) mass is 332 g/mol. The smallest absolute Gasteiger partial charge is 0.282 e. The standard InChI is InChI=1S/C18H16N6O/c1-11-6-8-13(9-7-11)17-20-18(25-22-17)15-16(19)24(23-21-15)14-5-3-4-12(2)10-14/h3-10H,19H2,1-2H3. The Balaban J connectivity index is 1.71. The van der Waals surface area contributed by atoms with Crippen molar-refractivity contribution < 1.29 is 4.52 Å². The summed E-state index contributed by atoms with van der Waals surface area (Å²) in [7, 11) is 0. The van der Waals surface area contributed by atoms with Crippen LogP contribution in [0.3, 0.4) is 0 Å². The van der Waals surface area contributed by atoms with Gasteiger partial charge in [-0.15, -0.1) is 5.10 Å². The maximum atomic E-state index is 6.20. The van der Waals surface area contributed by atoms with Crippen molar-refractivity contribution in [1.29, 1.82) is 0 Å². The Hall–Kier alpha value is -3.48. The van der Waals surface area contributed by atoms with Crippen LogP contribution in [0, 0.1) is 13.8 Å². The van der Waals surface area contributed by atoms with Gasteiger partial charge in [0, 0.05) is 5.56 Å². The second-order valence-corrected chi connectivity index (χ2v) is 5.86. The van der Waals surface area contributed by atoms with E-state index in [4.69, 9.17) is 10.3 Å². The summed E-state index contributed by atoms with van der Waals surface area (Å²) in [6.45, 7) is 4.03. The summed E-state index contributed by atoms with van der Waals surface area (Å²) in [5.41, 5.74) is 10.5. The maximum absolute atomic E-state index is 6.20. The number of hydrogen-bond donors (Lipinski definition) is 1. The molecule has 0 fully saturated rings. The van der Waals surface area contributed by atoms with Gasteiger partial charge in [-0.25, -0.2) is 0 Å². The molecule has 0 radical (unpaired) electrons. The van der Waals surface area contributed by atoms with Crippen LogP contribution in [0.1, 0.15) is 11.1 Å². The molecule has 0 aliphatic rings. The predicted molar refractivity (Wildman–Crippen MR) is 94.0 cm³/mol. The molecule has 2 aromatic heterocycles. The molecular formula is C18H16N6O. The minimum atomic E-state index is 0.243. The van der Waals surface area contributed by atoms with Gasteiger partial charge in [0.05, 0.1) is 5.69 Å². The van der Waals surface area contributed by atoms with E-state index in [-0.39, 0.29) is 5.89 Å². The lowest BCUT2D eigenvalue weighted by molar-refractivity contribution is 0.431. The second kappa shape index (κ2) is 5.86. The Morgan fingerprint density at radius 1 is 1.00 bits per heavy atom. The molecule has 0 aliphatic carbocycles. The van der Waals surface area contributed by atoms with Crippen molar-refractivity contribution in [2.45, 2.75) is 13.8 Å². The van der Waals surface area contributed by atoms with E-state index in [1.54, 1.807) is 4.68 Å². The summed E-state index contributed by atoms with van der Waals surface area (Å²) in [5.74, 6) is 1.08.